The number of H-pyrrole nitrogens is 1. The lowest BCUT2D eigenvalue weighted by Gasteiger charge is -2.30. The largest absolute Gasteiger partial charge is 0.475 e. The summed E-state index contributed by atoms with van der Waals surface area (Å²) in [4.78, 5) is 40.2. The third kappa shape index (κ3) is 6.41. The van der Waals surface area contributed by atoms with Crippen molar-refractivity contribution in [2.24, 2.45) is 5.41 Å². The first-order chi connectivity index (χ1) is 18.5. The number of hydrogen-bond donors (Lipinski definition) is 2. The molecule has 2 heterocycles. The topological polar surface area (TPSA) is 110 Å². The number of benzene rings is 1. The van der Waals surface area contributed by atoms with E-state index in [0.29, 0.717) is 35.4 Å². The maximum Gasteiger partial charge on any atom is 0.403 e. The van der Waals surface area contributed by atoms with E-state index in [4.69, 9.17) is 16.3 Å². The summed E-state index contributed by atoms with van der Waals surface area (Å²) in [6.45, 7) is 3.87. The van der Waals surface area contributed by atoms with Gasteiger partial charge in [-0.25, -0.2) is 14.8 Å². The van der Waals surface area contributed by atoms with Crippen LogP contribution in [-0.4, -0.2) is 38.1 Å². The molecule has 1 amide bonds. The highest BCUT2D eigenvalue weighted by molar-refractivity contribution is 6.33. The number of hydrogen-bond acceptors (Lipinski definition) is 6. The standard InChI is InChI=1S/C27H29ClF3N5O3/c1-3-6-16(2)39-21-10-8-18(15-32-21)22-34-23(36-25(38)35-22)19-13-17(7-9-20(19)28)14-33-24(37)26(27(29,30)31)11-4-5-12-26/h7-10,13,15-16H,3-6,11-12,14H2,1-2H3,(H,33,37)(H,34,35,36,38)/t16-/m1/s1. The Morgan fingerprint density at radius 1 is 1.21 bits per heavy atom. The van der Waals surface area contributed by atoms with Crippen molar-refractivity contribution in [1.29, 1.82) is 0 Å². The Morgan fingerprint density at radius 2 is 1.95 bits per heavy atom. The van der Waals surface area contributed by atoms with Crippen molar-refractivity contribution in [3.63, 3.8) is 0 Å². The Hall–Kier alpha value is -3.47. The molecule has 1 fully saturated rings. The molecule has 0 radical (unpaired) electrons. The van der Waals surface area contributed by atoms with Crippen molar-refractivity contribution < 1.29 is 22.7 Å². The van der Waals surface area contributed by atoms with Crippen LogP contribution >= 0.6 is 11.6 Å². The molecule has 0 aliphatic heterocycles. The SMILES string of the molecule is CCC[C@@H](C)Oc1ccc(-c2nc(-c3cc(CNC(=O)C4(C(F)(F)F)CCCC4)ccc3Cl)[nH]c(=O)n2)cn1. The number of pyridine rings is 1. The number of nitrogens with zero attached hydrogens (tertiary/aromatic N) is 3. The van der Waals surface area contributed by atoms with Gasteiger partial charge in [-0.2, -0.15) is 18.2 Å². The molecule has 1 saturated carbocycles. The molecular formula is C27H29ClF3N5O3. The molecule has 1 atom stereocenters. The first-order valence-corrected chi connectivity index (χ1v) is 13.2. The Labute approximate surface area is 228 Å². The average Bonchev–Trinajstić information content (AvgIpc) is 3.40. The van der Waals surface area contributed by atoms with E-state index in [-0.39, 0.29) is 42.2 Å². The molecule has 1 aromatic carbocycles. The van der Waals surface area contributed by atoms with Crippen molar-refractivity contribution in [2.45, 2.75) is 71.2 Å². The second-order valence-corrected chi connectivity index (χ2v) is 10.1. The zero-order valence-corrected chi connectivity index (χ0v) is 22.3. The van der Waals surface area contributed by atoms with Gasteiger partial charge in [0, 0.05) is 29.9 Å². The first-order valence-electron chi connectivity index (χ1n) is 12.8. The Morgan fingerprint density at radius 3 is 2.59 bits per heavy atom. The highest BCUT2D eigenvalue weighted by Crippen LogP contribution is 2.50. The minimum Gasteiger partial charge on any atom is -0.475 e. The van der Waals surface area contributed by atoms with Crippen molar-refractivity contribution in [3.8, 4) is 28.7 Å². The molecule has 4 rings (SSSR count). The molecule has 3 aromatic rings. The van der Waals surface area contributed by atoms with Crippen LogP contribution in [0.5, 0.6) is 5.88 Å². The number of alkyl halides is 3. The third-order valence-electron chi connectivity index (χ3n) is 6.84. The first kappa shape index (κ1) is 28.5. The summed E-state index contributed by atoms with van der Waals surface area (Å²) < 4.78 is 46.9. The van der Waals surface area contributed by atoms with Crippen LogP contribution in [0.1, 0.15) is 57.9 Å². The smallest absolute Gasteiger partial charge is 0.403 e. The van der Waals surface area contributed by atoms with Crippen molar-refractivity contribution in [1.82, 2.24) is 25.3 Å². The minimum absolute atomic E-state index is 0.00661. The summed E-state index contributed by atoms with van der Waals surface area (Å²) in [5, 5.41) is 2.68. The van der Waals surface area contributed by atoms with Gasteiger partial charge in [-0.3, -0.25) is 9.78 Å². The molecule has 8 nitrogen and oxygen atoms in total. The predicted octanol–water partition coefficient (Wildman–Crippen LogP) is 5.85. The molecular weight excluding hydrogens is 535 g/mol. The molecule has 2 aromatic heterocycles. The van der Waals surface area contributed by atoms with Crippen LogP contribution in [-0.2, 0) is 11.3 Å². The highest BCUT2D eigenvalue weighted by atomic mass is 35.5. The van der Waals surface area contributed by atoms with Gasteiger partial charge in [0.2, 0.25) is 11.8 Å². The number of nitrogens with one attached hydrogen (secondary N) is 2. The molecule has 0 bridgehead atoms. The zero-order valence-electron chi connectivity index (χ0n) is 21.6. The van der Waals surface area contributed by atoms with Crippen LogP contribution < -0.4 is 15.7 Å². The number of ether oxygens (including phenoxy) is 1. The minimum atomic E-state index is -4.62. The molecule has 1 aliphatic carbocycles. The molecule has 0 unspecified atom stereocenters. The molecule has 0 spiro atoms. The number of halogens is 4. The number of carbonyl (C=O) groups is 1. The van der Waals surface area contributed by atoms with Gasteiger partial charge < -0.3 is 10.1 Å². The highest BCUT2D eigenvalue weighted by Gasteiger charge is 2.60. The van der Waals surface area contributed by atoms with Crippen LogP contribution in [0, 0.1) is 5.41 Å². The van der Waals surface area contributed by atoms with E-state index in [9.17, 15) is 22.8 Å². The molecule has 1 aliphatic rings. The lowest BCUT2D eigenvalue weighted by atomic mass is 9.84. The fourth-order valence-electron chi connectivity index (χ4n) is 4.73. The number of aromatic nitrogens is 4. The van der Waals surface area contributed by atoms with Crippen LogP contribution in [0.2, 0.25) is 5.02 Å². The van der Waals surface area contributed by atoms with Gasteiger partial charge in [-0.15, -0.1) is 0 Å². The lowest BCUT2D eigenvalue weighted by molar-refractivity contribution is -0.220. The summed E-state index contributed by atoms with van der Waals surface area (Å²) in [6, 6.07) is 8.03. The number of amides is 1. The van der Waals surface area contributed by atoms with E-state index >= 15 is 0 Å². The van der Waals surface area contributed by atoms with Crippen molar-refractivity contribution >= 4 is 17.5 Å². The fourth-order valence-corrected chi connectivity index (χ4v) is 4.94. The molecule has 39 heavy (non-hydrogen) atoms. The van der Waals surface area contributed by atoms with E-state index in [0.717, 1.165) is 12.8 Å². The van der Waals surface area contributed by atoms with Gasteiger partial charge in [0.15, 0.2) is 5.82 Å². The molecule has 2 N–H and O–H groups in total. The van der Waals surface area contributed by atoms with E-state index in [2.05, 4.69) is 32.2 Å². The Bertz CT molecular complexity index is 1370. The Kier molecular flexibility index (Phi) is 8.58. The fraction of sp³-hybridized carbons (Fsp3) is 0.444. The van der Waals surface area contributed by atoms with E-state index in [1.807, 2.05) is 6.92 Å². The van der Waals surface area contributed by atoms with Gasteiger partial charge in [-0.1, -0.05) is 43.9 Å². The third-order valence-corrected chi connectivity index (χ3v) is 7.17. The van der Waals surface area contributed by atoms with Gasteiger partial charge in [0.25, 0.3) is 0 Å². The lowest BCUT2D eigenvalue weighted by Crippen LogP contribution is -2.48. The summed E-state index contributed by atoms with van der Waals surface area (Å²) in [5.41, 5.74) is -1.74. The van der Waals surface area contributed by atoms with Crippen LogP contribution in [0.4, 0.5) is 13.2 Å². The quantitative estimate of drug-likeness (QED) is 0.338. The second kappa shape index (κ2) is 11.7. The van der Waals surface area contributed by atoms with E-state index in [1.165, 1.54) is 12.3 Å². The predicted molar refractivity (Wildman–Crippen MR) is 140 cm³/mol. The van der Waals surface area contributed by atoms with Gasteiger partial charge >= 0.3 is 11.9 Å². The van der Waals surface area contributed by atoms with E-state index in [1.54, 1.807) is 24.3 Å². The van der Waals surface area contributed by atoms with Crippen LogP contribution in [0.25, 0.3) is 22.8 Å². The average molecular weight is 564 g/mol. The summed E-state index contributed by atoms with van der Waals surface area (Å²) >= 11 is 6.38. The molecule has 12 heteroatoms. The summed E-state index contributed by atoms with van der Waals surface area (Å²) in [7, 11) is 0. The second-order valence-electron chi connectivity index (χ2n) is 9.71. The number of rotatable bonds is 9. The number of aromatic amines is 1. The zero-order chi connectivity index (χ0) is 28.2. The summed E-state index contributed by atoms with van der Waals surface area (Å²) in [5.74, 6) is -0.377. The summed E-state index contributed by atoms with van der Waals surface area (Å²) in [6.07, 6.45) is -0.994. The molecule has 208 valence electrons. The maximum absolute atomic E-state index is 13.7. The van der Waals surface area contributed by atoms with Gasteiger partial charge in [-0.05, 0) is 49.9 Å². The van der Waals surface area contributed by atoms with Crippen molar-refractivity contribution in [2.75, 3.05) is 0 Å². The van der Waals surface area contributed by atoms with Crippen LogP contribution in [0.15, 0.2) is 41.3 Å². The van der Waals surface area contributed by atoms with Crippen molar-refractivity contribution in [3.05, 3.63) is 57.6 Å². The maximum atomic E-state index is 13.7. The molecule has 0 saturated heterocycles. The normalized spacial score (nSPS) is 15.6. The van der Waals surface area contributed by atoms with Gasteiger partial charge in [0.1, 0.15) is 11.2 Å². The number of carbonyl (C=O) groups excluding carboxylic acids is 1. The van der Waals surface area contributed by atoms with E-state index < -0.39 is 23.2 Å². The van der Waals surface area contributed by atoms with Crippen LogP contribution in [0.3, 0.4) is 0 Å². The Balaban J connectivity index is 1.55. The monoisotopic (exact) mass is 563 g/mol. The van der Waals surface area contributed by atoms with Gasteiger partial charge in [0.05, 0.1) is 11.1 Å².